The fraction of sp³-hybridized carbons (Fsp3) is 0.294. The second kappa shape index (κ2) is 5.85. The Morgan fingerprint density at radius 1 is 1.00 bits per heavy atom. The molecule has 0 heterocycles. The Labute approximate surface area is 132 Å². The summed E-state index contributed by atoms with van der Waals surface area (Å²) in [6.07, 6.45) is 0. The molecular formula is C17H18BrF2N. The Balaban J connectivity index is 2.39. The van der Waals surface area contributed by atoms with Gasteiger partial charge in [-0.15, -0.1) is 0 Å². The third kappa shape index (κ3) is 3.50. The average Bonchev–Trinajstić information content (AvgIpc) is 2.36. The Morgan fingerprint density at radius 3 is 1.90 bits per heavy atom. The van der Waals surface area contributed by atoms with Gasteiger partial charge in [0.1, 0.15) is 11.6 Å². The van der Waals surface area contributed by atoms with Crippen molar-refractivity contribution in [1.29, 1.82) is 0 Å². The van der Waals surface area contributed by atoms with Crippen LogP contribution in [0.2, 0.25) is 0 Å². The van der Waals surface area contributed by atoms with E-state index < -0.39 is 17.7 Å². The van der Waals surface area contributed by atoms with Crippen LogP contribution in [0.4, 0.5) is 8.78 Å². The predicted molar refractivity (Wildman–Crippen MR) is 85.2 cm³/mol. The van der Waals surface area contributed by atoms with Crippen molar-refractivity contribution in [3.63, 3.8) is 0 Å². The molecular weight excluding hydrogens is 336 g/mol. The summed E-state index contributed by atoms with van der Waals surface area (Å²) in [7, 11) is 0. The van der Waals surface area contributed by atoms with Gasteiger partial charge in [-0.25, -0.2) is 8.78 Å². The van der Waals surface area contributed by atoms with E-state index in [-0.39, 0.29) is 11.0 Å². The summed E-state index contributed by atoms with van der Waals surface area (Å²) in [5, 5.41) is 0. The Bertz CT molecular complexity index is 622. The second-order valence-electron chi connectivity index (χ2n) is 6.13. The lowest BCUT2D eigenvalue weighted by Crippen LogP contribution is -2.17. The van der Waals surface area contributed by atoms with E-state index in [1.165, 1.54) is 12.1 Å². The minimum atomic E-state index is -0.827. The smallest absolute Gasteiger partial charge is 0.132 e. The van der Waals surface area contributed by atoms with E-state index in [1.807, 2.05) is 24.3 Å². The molecule has 0 aliphatic rings. The van der Waals surface area contributed by atoms with E-state index in [0.717, 1.165) is 5.56 Å². The average molecular weight is 354 g/mol. The molecule has 0 aromatic heterocycles. The maximum Gasteiger partial charge on any atom is 0.132 e. The summed E-state index contributed by atoms with van der Waals surface area (Å²) in [5.41, 5.74) is 7.78. The molecule has 21 heavy (non-hydrogen) atoms. The summed E-state index contributed by atoms with van der Waals surface area (Å²) in [6.45, 7) is 6.32. The molecule has 2 aromatic carbocycles. The molecule has 4 heteroatoms. The quantitative estimate of drug-likeness (QED) is 0.800. The first-order valence-corrected chi connectivity index (χ1v) is 7.50. The highest BCUT2D eigenvalue weighted by Crippen LogP contribution is 2.29. The highest BCUT2D eigenvalue weighted by molar-refractivity contribution is 9.10. The molecule has 1 nitrogen and oxygen atoms in total. The van der Waals surface area contributed by atoms with Crippen LogP contribution in [0, 0.1) is 11.6 Å². The highest BCUT2D eigenvalue weighted by Gasteiger charge is 2.20. The molecule has 0 fully saturated rings. The van der Waals surface area contributed by atoms with Crippen LogP contribution in [0.1, 0.15) is 43.5 Å². The van der Waals surface area contributed by atoms with Crippen molar-refractivity contribution < 1.29 is 8.78 Å². The van der Waals surface area contributed by atoms with Crippen molar-refractivity contribution in [3.05, 3.63) is 69.2 Å². The number of benzene rings is 2. The van der Waals surface area contributed by atoms with Crippen molar-refractivity contribution in [2.45, 2.75) is 32.2 Å². The van der Waals surface area contributed by atoms with Gasteiger partial charge in [0.2, 0.25) is 0 Å². The minimum absolute atomic E-state index is 0.0245. The molecule has 1 unspecified atom stereocenters. The van der Waals surface area contributed by atoms with Crippen molar-refractivity contribution in [2.24, 2.45) is 5.73 Å². The molecule has 1 atom stereocenters. The van der Waals surface area contributed by atoms with Crippen LogP contribution in [-0.2, 0) is 5.41 Å². The summed E-state index contributed by atoms with van der Waals surface area (Å²) in [5.74, 6) is -1.29. The summed E-state index contributed by atoms with van der Waals surface area (Å²) in [6, 6.07) is 9.17. The van der Waals surface area contributed by atoms with Crippen LogP contribution in [0.15, 0.2) is 40.9 Å². The lowest BCUT2D eigenvalue weighted by molar-refractivity contribution is 0.541. The van der Waals surface area contributed by atoms with Crippen molar-refractivity contribution in [1.82, 2.24) is 0 Å². The van der Waals surface area contributed by atoms with Crippen LogP contribution in [-0.4, -0.2) is 0 Å². The molecule has 2 N–H and O–H groups in total. The highest BCUT2D eigenvalue weighted by atomic mass is 79.9. The van der Waals surface area contributed by atoms with Gasteiger partial charge in [0.15, 0.2) is 0 Å². The fourth-order valence-electron chi connectivity index (χ4n) is 2.21. The van der Waals surface area contributed by atoms with Crippen LogP contribution in [0.25, 0.3) is 0 Å². The van der Waals surface area contributed by atoms with Crippen molar-refractivity contribution in [2.75, 3.05) is 0 Å². The molecule has 0 aliphatic heterocycles. The van der Waals surface area contributed by atoms with Gasteiger partial charge < -0.3 is 5.73 Å². The van der Waals surface area contributed by atoms with E-state index in [9.17, 15) is 8.78 Å². The Hall–Kier alpha value is -1.26. The lowest BCUT2D eigenvalue weighted by atomic mass is 9.86. The number of hydrogen-bond acceptors (Lipinski definition) is 1. The van der Waals surface area contributed by atoms with Gasteiger partial charge in [-0.1, -0.05) is 61.0 Å². The topological polar surface area (TPSA) is 26.0 Å². The number of halogens is 3. The molecule has 0 saturated carbocycles. The first-order chi connectivity index (χ1) is 9.70. The zero-order chi connectivity index (χ0) is 15.8. The van der Waals surface area contributed by atoms with Gasteiger partial charge in [0, 0.05) is 10.0 Å². The maximum absolute atomic E-state index is 14.0. The SMILES string of the molecule is CC(C)(C)c1ccc(C(N)c2c(F)cc(Br)cc2F)cc1. The van der Waals surface area contributed by atoms with E-state index in [1.54, 1.807) is 0 Å². The fourth-order valence-corrected chi connectivity index (χ4v) is 2.61. The molecule has 0 aliphatic carbocycles. The van der Waals surface area contributed by atoms with Crippen molar-refractivity contribution in [3.8, 4) is 0 Å². The maximum atomic E-state index is 14.0. The first kappa shape index (κ1) is 16.1. The normalized spacial score (nSPS) is 13.3. The lowest BCUT2D eigenvalue weighted by Gasteiger charge is -2.20. The molecule has 0 saturated heterocycles. The molecule has 0 radical (unpaired) electrons. The zero-order valence-electron chi connectivity index (χ0n) is 12.3. The van der Waals surface area contributed by atoms with E-state index >= 15 is 0 Å². The second-order valence-corrected chi connectivity index (χ2v) is 7.05. The Morgan fingerprint density at radius 2 is 1.48 bits per heavy atom. The molecule has 0 spiro atoms. The molecule has 0 bridgehead atoms. The van der Waals surface area contributed by atoms with Gasteiger partial charge in [0.05, 0.1) is 6.04 Å². The van der Waals surface area contributed by atoms with Crippen LogP contribution in [0.5, 0.6) is 0 Å². The van der Waals surface area contributed by atoms with E-state index in [4.69, 9.17) is 5.73 Å². The zero-order valence-corrected chi connectivity index (χ0v) is 13.8. The number of nitrogens with two attached hydrogens (primary N) is 1. The van der Waals surface area contributed by atoms with Crippen LogP contribution >= 0.6 is 15.9 Å². The molecule has 112 valence electrons. The minimum Gasteiger partial charge on any atom is -0.320 e. The summed E-state index contributed by atoms with van der Waals surface area (Å²) < 4.78 is 28.3. The van der Waals surface area contributed by atoms with Crippen molar-refractivity contribution >= 4 is 15.9 Å². The third-order valence-corrected chi connectivity index (χ3v) is 3.95. The summed E-state index contributed by atoms with van der Waals surface area (Å²) >= 11 is 3.06. The monoisotopic (exact) mass is 353 g/mol. The van der Waals surface area contributed by atoms with E-state index in [0.29, 0.717) is 10.0 Å². The van der Waals surface area contributed by atoms with E-state index in [2.05, 4.69) is 36.7 Å². The largest absolute Gasteiger partial charge is 0.320 e. The van der Waals surface area contributed by atoms with Crippen LogP contribution < -0.4 is 5.73 Å². The predicted octanol–water partition coefficient (Wildman–Crippen LogP) is 5.07. The van der Waals surface area contributed by atoms with Gasteiger partial charge in [-0.05, 0) is 28.7 Å². The summed E-state index contributed by atoms with van der Waals surface area (Å²) in [4.78, 5) is 0. The first-order valence-electron chi connectivity index (χ1n) is 6.70. The Kier molecular flexibility index (Phi) is 4.49. The number of hydrogen-bond donors (Lipinski definition) is 1. The third-order valence-electron chi connectivity index (χ3n) is 3.49. The van der Waals surface area contributed by atoms with Gasteiger partial charge >= 0.3 is 0 Å². The van der Waals surface area contributed by atoms with Crippen LogP contribution in [0.3, 0.4) is 0 Å². The van der Waals surface area contributed by atoms with Gasteiger partial charge in [-0.3, -0.25) is 0 Å². The molecule has 2 rings (SSSR count). The van der Waals surface area contributed by atoms with Gasteiger partial charge in [-0.2, -0.15) is 0 Å². The standard InChI is InChI=1S/C17H18BrF2N/c1-17(2,3)11-6-4-10(5-7-11)16(21)15-13(19)8-12(18)9-14(15)20/h4-9,16H,21H2,1-3H3. The number of rotatable bonds is 2. The molecule has 2 aromatic rings. The van der Waals surface area contributed by atoms with Gasteiger partial charge in [0.25, 0.3) is 0 Å². The molecule has 0 amide bonds.